The molecule has 0 unspecified atom stereocenters. The standard InChI is InChI=1S/C10H17N3/c1-10(2,3)6-4-8(12)9(13)5-7(6)11/h4-5H,11-13H2,1-3H3. The quantitative estimate of drug-likeness (QED) is 0.531. The van der Waals surface area contributed by atoms with Gasteiger partial charge >= 0.3 is 0 Å². The lowest BCUT2D eigenvalue weighted by Crippen LogP contribution is -2.15. The molecule has 1 aromatic carbocycles. The summed E-state index contributed by atoms with van der Waals surface area (Å²) in [5.41, 5.74) is 20.1. The van der Waals surface area contributed by atoms with Gasteiger partial charge in [-0.2, -0.15) is 0 Å². The Labute approximate surface area is 78.9 Å². The van der Waals surface area contributed by atoms with Gasteiger partial charge in [0, 0.05) is 5.69 Å². The van der Waals surface area contributed by atoms with Crippen molar-refractivity contribution in [1.29, 1.82) is 0 Å². The maximum Gasteiger partial charge on any atom is 0.0568 e. The largest absolute Gasteiger partial charge is 0.398 e. The Morgan fingerprint density at radius 1 is 0.846 bits per heavy atom. The molecule has 0 aromatic heterocycles. The second-order valence-corrected chi connectivity index (χ2v) is 4.32. The maximum atomic E-state index is 5.84. The molecule has 0 aliphatic heterocycles. The summed E-state index contributed by atoms with van der Waals surface area (Å²) >= 11 is 0. The Balaban J connectivity index is 3.32. The predicted molar refractivity (Wildman–Crippen MR) is 58.4 cm³/mol. The van der Waals surface area contributed by atoms with E-state index in [1.54, 1.807) is 6.07 Å². The maximum absolute atomic E-state index is 5.84. The van der Waals surface area contributed by atoms with E-state index in [0.717, 1.165) is 5.56 Å². The van der Waals surface area contributed by atoms with Crippen LogP contribution in [0.5, 0.6) is 0 Å². The molecule has 1 aromatic rings. The van der Waals surface area contributed by atoms with Gasteiger partial charge in [-0.25, -0.2) is 0 Å². The lowest BCUT2D eigenvalue weighted by Gasteiger charge is -2.22. The van der Waals surface area contributed by atoms with Crippen LogP contribution in [0.15, 0.2) is 12.1 Å². The van der Waals surface area contributed by atoms with Crippen molar-refractivity contribution in [3.63, 3.8) is 0 Å². The van der Waals surface area contributed by atoms with Gasteiger partial charge in [-0.1, -0.05) is 20.8 Å². The van der Waals surface area contributed by atoms with Crippen molar-refractivity contribution in [2.45, 2.75) is 26.2 Å². The Bertz CT molecular complexity index is 324. The summed E-state index contributed by atoms with van der Waals surface area (Å²) in [6.45, 7) is 6.27. The van der Waals surface area contributed by atoms with Crippen molar-refractivity contribution in [1.82, 2.24) is 0 Å². The van der Waals surface area contributed by atoms with Crippen molar-refractivity contribution in [2.24, 2.45) is 0 Å². The predicted octanol–water partition coefficient (Wildman–Crippen LogP) is 1.73. The molecule has 0 radical (unpaired) electrons. The molecule has 1 rings (SSSR count). The average Bonchev–Trinajstić information content (AvgIpc) is 1.94. The summed E-state index contributed by atoms with van der Waals surface area (Å²) in [5.74, 6) is 0. The zero-order chi connectivity index (χ0) is 10.2. The van der Waals surface area contributed by atoms with Gasteiger partial charge in [0.25, 0.3) is 0 Å². The summed E-state index contributed by atoms with van der Waals surface area (Å²) in [4.78, 5) is 0. The lowest BCUT2D eigenvalue weighted by molar-refractivity contribution is 0.593. The smallest absolute Gasteiger partial charge is 0.0568 e. The van der Waals surface area contributed by atoms with Gasteiger partial charge in [0.2, 0.25) is 0 Å². The van der Waals surface area contributed by atoms with Crippen LogP contribution in [-0.2, 0) is 5.41 Å². The van der Waals surface area contributed by atoms with Crippen LogP contribution in [0.2, 0.25) is 0 Å². The van der Waals surface area contributed by atoms with Gasteiger partial charge < -0.3 is 17.2 Å². The molecule has 0 atom stereocenters. The molecule has 0 heterocycles. The highest BCUT2D eigenvalue weighted by Crippen LogP contribution is 2.32. The average molecular weight is 179 g/mol. The van der Waals surface area contributed by atoms with Crippen LogP contribution in [0.25, 0.3) is 0 Å². The molecule has 0 fully saturated rings. The van der Waals surface area contributed by atoms with E-state index in [-0.39, 0.29) is 5.41 Å². The molecule has 0 spiro atoms. The Morgan fingerprint density at radius 2 is 1.31 bits per heavy atom. The zero-order valence-electron chi connectivity index (χ0n) is 8.39. The fourth-order valence-electron chi connectivity index (χ4n) is 1.30. The van der Waals surface area contributed by atoms with Gasteiger partial charge in [0.1, 0.15) is 0 Å². The van der Waals surface area contributed by atoms with Crippen molar-refractivity contribution < 1.29 is 0 Å². The Hall–Kier alpha value is -1.38. The Kier molecular flexibility index (Phi) is 2.12. The normalized spacial score (nSPS) is 11.6. The van der Waals surface area contributed by atoms with E-state index in [4.69, 9.17) is 17.2 Å². The van der Waals surface area contributed by atoms with Crippen LogP contribution in [-0.4, -0.2) is 0 Å². The molecule has 0 aliphatic carbocycles. The molecule has 6 N–H and O–H groups in total. The number of hydrogen-bond donors (Lipinski definition) is 3. The van der Waals surface area contributed by atoms with E-state index in [0.29, 0.717) is 17.1 Å². The number of hydrogen-bond acceptors (Lipinski definition) is 3. The molecule has 72 valence electrons. The Morgan fingerprint density at radius 3 is 1.77 bits per heavy atom. The highest BCUT2D eigenvalue weighted by atomic mass is 14.7. The highest BCUT2D eigenvalue weighted by Gasteiger charge is 2.17. The third-order valence-electron chi connectivity index (χ3n) is 2.06. The minimum Gasteiger partial charge on any atom is -0.398 e. The summed E-state index contributed by atoms with van der Waals surface area (Å²) in [6, 6.07) is 3.57. The number of anilines is 3. The number of nitrogen functional groups attached to an aromatic ring is 3. The first-order chi connectivity index (χ1) is 5.82. The number of nitrogens with two attached hydrogens (primary N) is 3. The molecule has 0 amide bonds. The van der Waals surface area contributed by atoms with Crippen molar-refractivity contribution in [2.75, 3.05) is 17.2 Å². The summed E-state index contributed by atoms with van der Waals surface area (Å²) in [6.07, 6.45) is 0. The minimum absolute atomic E-state index is 0.00586. The van der Waals surface area contributed by atoms with Crippen LogP contribution >= 0.6 is 0 Å². The third-order valence-corrected chi connectivity index (χ3v) is 2.06. The van der Waals surface area contributed by atoms with E-state index in [9.17, 15) is 0 Å². The second kappa shape index (κ2) is 2.83. The molecule has 0 saturated carbocycles. The molecule has 0 saturated heterocycles. The molecular weight excluding hydrogens is 162 g/mol. The molecule has 3 heteroatoms. The van der Waals surface area contributed by atoms with E-state index >= 15 is 0 Å². The topological polar surface area (TPSA) is 78.1 Å². The molecular formula is C10H17N3. The zero-order valence-corrected chi connectivity index (χ0v) is 8.39. The van der Waals surface area contributed by atoms with Gasteiger partial charge in [0.05, 0.1) is 11.4 Å². The fourth-order valence-corrected chi connectivity index (χ4v) is 1.30. The van der Waals surface area contributed by atoms with Crippen LogP contribution in [0.3, 0.4) is 0 Å². The molecule has 0 aliphatic rings. The van der Waals surface area contributed by atoms with Gasteiger partial charge in [-0.05, 0) is 23.1 Å². The first-order valence-electron chi connectivity index (χ1n) is 4.27. The lowest BCUT2D eigenvalue weighted by atomic mass is 9.85. The van der Waals surface area contributed by atoms with Crippen LogP contribution < -0.4 is 17.2 Å². The van der Waals surface area contributed by atoms with Crippen molar-refractivity contribution in [3.05, 3.63) is 17.7 Å². The number of rotatable bonds is 0. The van der Waals surface area contributed by atoms with Crippen molar-refractivity contribution >= 4 is 17.1 Å². The third kappa shape index (κ3) is 1.86. The van der Waals surface area contributed by atoms with Gasteiger partial charge in [-0.15, -0.1) is 0 Å². The van der Waals surface area contributed by atoms with Crippen LogP contribution in [0, 0.1) is 0 Å². The van der Waals surface area contributed by atoms with Gasteiger partial charge in [-0.3, -0.25) is 0 Å². The van der Waals surface area contributed by atoms with E-state index in [1.165, 1.54) is 0 Å². The first kappa shape index (κ1) is 9.71. The monoisotopic (exact) mass is 179 g/mol. The summed E-state index contributed by atoms with van der Waals surface area (Å²) < 4.78 is 0. The summed E-state index contributed by atoms with van der Waals surface area (Å²) in [7, 11) is 0. The summed E-state index contributed by atoms with van der Waals surface area (Å²) in [5, 5.41) is 0. The first-order valence-corrected chi connectivity index (χ1v) is 4.27. The van der Waals surface area contributed by atoms with Crippen LogP contribution in [0.4, 0.5) is 17.1 Å². The van der Waals surface area contributed by atoms with Crippen molar-refractivity contribution in [3.8, 4) is 0 Å². The fraction of sp³-hybridized carbons (Fsp3) is 0.400. The highest BCUT2D eigenvalue weighted by molar-refractivity contribution is 5.72. The second-order valence-electron chi connectivity index (χ2n) is 4.32. The van der Waals surface area contributed by atoms with Crippen LogP contribution in [0.1, 0.15) is 26.3 Å². The molecule has 13 heavy (non-hydrogen) atoms. The number of benzene rings is 1. The SMILES string of the molecule is CC(C)(C)c1cc(N)c(N)cc1N. The van der Waals surface area contributed by atoms with Gasteiger partial charge in [0.15, 0.2) is 0 Å². The molecule has 3 nitrogen and oxygen atoms in total. The van der Waals surface area contributed by atoms with E-state index in [2.05, 4.69) is 20.8 Å². The van der Waals surface area contributed by atoms with E-state index in [1.807, 2.05) is 6.07 Å². The van der Waals surface area contributed by atoms with E-state index < -0.39 is 0 Å². The minimum atomic E-state index is 0.00586. The molecule has 0 bridgehead atoms.